The van der Waals surface area contributed by atoms with Crippen LogP contribution in [0.5, 0.6) is 0 Å². The Morgan fingerprint density at radius 1 is 1.19 bits per heavy atom. The van der Waals surface area contributed by atoms with E-state index in [1.165, 1.54) is 0 Å². The average molecular weight is 299 g/mol. The maximum absolute atomic E-state index is 6.12. The number of rotatable bonds is 4. The predicted molar refractivity (Wildman–Crippen MR) is 88.1 cm³/mol. The lowest BCUT2D eigenvalue weighted by Crippen LogP contribution is -1.92. The summed E-state index contributed by atoms with van der Waals surface area (Å²) in [7, 11) is 0. The summed E-state index contributed by atoms with van der Waals surface area (Å²) in [5.74, 6) is 1.93. The van der Waals surface area contributed by atoms with E-state index in [0.717, 1.165) is 22.1 Å². The first kappa shape index (κ1) is 13.9. The van der Waals surface area contributed by atoms with E-state index < -0.39 is 0 Å². The van der Waals surface area contributed by atoms with E-state index in [1.807, 2.05) is 36.4 Å². The molecule has 3 rings (SSSR count). The van der Waals surface area contributed by atoms with Gasteiger partial charge in [-0.05, 0) is 28.2 Å². The van der Waals surface area contributed by atoms with Gasteiger partial charge in [0.25, 0.3) is 5.89 Å². The van der Waals surface area contributed by atoms with Crippen LogP contribution in [0.25, 0.3) is 22.2 Å². The maximum Gasteiger partial charge on any atom is 0.260 e. The molecule has 0 aliphatic heterocycles. The van der Waals surface area contributed by atoms with E-state index in [1.54, 1.807) is 11.8 Å². The molecule has 0 amide bonds. The third kappa shape index (κ3) is 3.03. The van der Waals surface area contributed by atoms with Gasteiger partial charge in [0.2, 0.25) is 0 Å². The average Bonchev–Trinajstić information content (AvgIpc) is 2.93. The van der Waals surface area contributed by atoms with E-state index >= 15 is 0 Å². The molecule has 5 heteroatoms. The van der Waals surface area contributed by atoms with Gasteiger partial charge >= 0.3 is 0 Å². The molecule has 4 nitrogen and oxygen atoms in total. The standard InChI is InChI=1S/C16H17N3OS/c1-10(2)21-9-15-18-16(20-19-15)13-7-11-5-3-4-6-12(11)8-14(13)17/h3-8,10H,9,17H2,1-2H3. The largest absolute Gasteiger partial charge is 0.398 e. The fourth-order valence-electron chi connectivity index (χ4n) is 2.11. The number of aromatic nitrogens is 2. The molecule has 0 fully saturated rings. The molecule has 0 radical (unpaired) electrons. The molecule has 0 saturated carbocycles. The molecule has 0 bridgehead atoms. The normalized spacial score (nSPS) is 11.4. The summed E-state index contributed by atoms with van der Waals surface area (Å²) in [6.07, 6.45) is 0. The van der Waals surface area contributed by atoms with Gasteiger partial charge in [-0.25, -0.2) is 0 Å². The molecule has 0 saturated heterocycles. The number of benzene rings is 2. The summed E-state index contributed by atoms with van der Waals surface area (Å²) in [5, 5.41) is 6.78. The summed E-state index contributed by atoms with van der Waals surface area (Å²) in [5.41, 5.74) is 7.56. The Hall–Kier alpha value is -2.01. The lowest BCUT2D eigenvalue weighted by atomic mass is 10.1. The molecule has 0 aliphatic carbocycles. The van der Waals surface area contributed by atoms with Crippen LogP contribution in [-0.4, -0.2) is 15.4 Å². The molecule has 21 heavy (non-hydrogen) atoms. The fraction of sp³-hybridized carbons (Fsp3) is 0.250. The van der Waals surface area contributed by atoms with Gasteiger partial charge in [-0.15, -0.1) is 0 Å². The molecule has 0 spiro atoms. The second-order valence-corrected chi connectivity index (χ2v) is 6.73. The third-order valence-electron chi connectivity index (χ3n) is 3.16. The van der Waals surface area contributed by atoms with Gasteiger partial charge in [-0.1, -0.05) is 43.3 Å². The highest BCUT2D eigenvalue weighted by Crippen LogP contribution is 2.30. The third-order valence-corrected chi connectivity index (χ3v) is 4.25. The molecular weight excluding hydrogens is 282 g/mol. The first-order valence-electron chi connectivity index (χ1n) is 6.86. The van der Waals surface area contributed by atoms with Crippen molar-refractivity contribution < 1.29 is 4.52 Å². The highest BCUT2D eigenvalue weighted by Gasteiger charge is 2.13. The Morgan fingerprint density at radius 3 is 2.62 bits per heavy atom. The predicted octanol–water partition coefficient (Wildman–Crippen LogP) is 4.11. The number of nitrogens with two attached hydrogens (primary N) is 1. The van der Waals surface area contributed by atoms with Gasteiger partial charge in [-0.2, -0.15) is 16.7 Å². The van der Waals surface area contributed by atoms with Crippen LogP contribution in [0.15, 0.2) is 40.9 Å². The zero-order chi connectivity index (χ0) is 14.8. The van der Waals surface area contributed by atoms with Crippen molar-refractivity contribution in [3.63, 3.8) is 0 Å². The molecule has 2 N–H and O–H groups in total. The van der Waals surface area contributed by atoms with Crippen molar-refractivity contribution in [1.29, 1.82) is 0 Å². The number of thioether (sulfide) groups is 1. The van der Waals surface area contributed by atoms with E-state index in [2.05, 4.69) is 24.0 Å². The maximum atomic E-state index is 6.12. The number of nitrogen functional groups attached to an aromatic ring is 1. The Kier molecular flexibility index (Phi) is 3.84. The summed E-state index contributed by atoms with van der Waals surface area (Å²) < 4.78 is 5.36. The van der Waals surface area contributed by atoms with E-state index in [-0.39, 0.29) is 0 Å². The lowest BCUT2D eigenvalue weighted by molar-refractivity contribution is 0.425. The Bertz CT molecular complexity index is 767. The lowest BCUT2D eigenvalue weighted by Gasteiger charge is -2.04. The van der Waals surface area contributed by atoms with Gasteiger partial charge in [0.15, 0.2) is 5.82 Å². The van der Waals surface area contributed by atoms with Crippen molar-refractivity contribution in [2.75, 3.05) is 5.73 Å². The molecule has 108 valence electrons. The summed E-state index contributed by atoms with van der Waals surface area (Å²) >= 11 is 1.78. The number of hydrogen-bond donors (Lipinski definition) is 1. The van der Waals surface area contributed by atoms with Crippen LogP contribution >= 0.6 is 11.8 Å². The molecule has 0 atom stereocenters. The quantitative estimate of drug-likeness (QED) is 0.734. The Labute approximate surface area is 127 Å². The topological polar surface area (TPSA) is 64.9 Å². The smallest absolute Gasteiger partial charge is 0.260 e. The van der Waals surface area contributed by atoms with Gasteiger partial charge in [-0.3, -0.25) is 0 Å². The van der Waals surface area contributed by atoms with Crippen molar-refractivity contribution in [3.05, 3.63) is 42.2 Å². The summed E-state index contributed by atoms with van der Waals surface area (Å²) in [6, 6.07) is 12.0. The minimum absolute atomic E-state index is 0.484. The summed E-state index contributed by atoms with van der Waals surface area (Å²) in [6.45, 7) is 4.29. The number of hydrogen-bond acceptors (Lipinski definition) is 5. The van der Waals surface area contributed by atoms with Gasteiger partial charge in [0.1, 0.15) is 0 Å². The highest BCUT2D eigenvalue weighted by molar-refractivity contribution is 7.99. The van der Waals surface area contributed by atoms with Gasteiger partial charge in [0.05, 0.1) is 11.3 Å². The van der Waals surface area contributed by atoms with Crippen molar-refractivity contribution in [3.8, 4) is 11.5 Å². The van der Waals surface area contributed by atoms with Crippen molar-refractivity contribution >= 4 is 28.2 Å². The minimum atomic E-state index is 0.484. The zero-order valence-corrected chi connectivity index (χ0v) is 12.9. The Balaban J connectivity index is 1.94. The first-order valence-corrected chi connectivity index (χ1v) is 7.91. The van der Waals surface area contributed by atoms with Crippen LogP contribution in [0.1, 0.15) is 19.7 Å². The molecule has 0 unspecified atom stereocenters. The van der Waals surface area contributed by atoms with Crippen LogP contribution < -0.4 is 5.73 Å². The van der Waals surface area contributed by atoms with Crippen molar-refractivity contribution in [1.82, 2.24) is 10.1 Å². The van der Waals surface area contributed by atoms with Gasteiger partial charge in [0, 0.05) is 5.69 Å². The number of nitrogens with zero attached hydrogens (tertiary/aromatic N) is 2. The van der Waals surface area contributed by atoms with Crippen LogP contribution in [-0.2, 0) is 5.75 Å². The van der Waals surface area contributed by atoms with E-state index in [4.69, 9.17) is 10.3 Å². The first-order chi connectivity index (χ1) is 10.1. The number of fused-ring (bicyclic) bond motifs is 1. The SMILES string of the molecule is CC(C)SCc1noc(-c2cc3ccccc3cc2N)n1. The fourth-order valence-corrected chi connectivity index (χ4v) is 2.71. The second-order valence-electron chi connectivity index (χ2n) is 5.16. The molecule has 1 aromatic heterocycles. The molecule has 2 aromatic carbocycles. The molecular formula is C16H17N3OS. The number of anilines is 1. The Morgan fingerprint density at radius 2 is 1.90 bits per heavy atom. The van der Waals surface area contributed by atoms with Gasteiger partial charge < -0.3 is 10.3 Å². The molecule has 3 aromatic rings. The van der Waals surface area contributed by atoms with Crippen molar-refractivity contribution in [2.24, 2.45) is 0 Å². The van der Waals surface area contributed by atoms with E-state index in [0.29, 0.717) is 22.7 Å². The van der Waals surface area contributed by atoms with Crippen LogP contribution in [0.2, 0.25) is 0 Å². The minimum Gasteiger partial charge on any atom is -0.398 e. The van der Waals surface area contributed by atoms with Crippen LogP contribution in [0.4, 0.5) is 5.69 Å². The molecule has 1 heterocycles. The molecule has 0 aliphatic rings. The summed E-state index contributed by atoms with van der Waals surface area (Å²) in [4.78, 5) is 4.44. The zero-order valence-electron chi connectivity index (χ0n) is 12.0. The van der Waals surface area contributed by atoms with Crippen LogP contribution in [0, 0.1) is 0 Å². The van der Waals surface area contributed by atoms with Crippen LogP contribution in [0.3, 0.4) is 0 Å². The highest BCUT2D eigenvalue weighted by atomic mass is 32.2. The monoisotopic (exact) mass is 299 g/mol. The second kappa shape index (κ2) is 5.77. The van der Waals surface area contributed by atoms with Crippen molar-refractivity contribution in [2.45, 2.75) is 24.9 Å². The van der Waals surface area contributed by atoms with E-state index in [9.17, 15) is 0 Å².